The number of nitrogens with zero attached hydrogens (tertiary/aromatic N) is 10. The summed E-state index contributed by atoms with van der Waals surface area (Å²) in [5, 5.41) is 77.9. The summed E-state index contributed by atoms with van der Waals surface area (Å²) in [5.74, 6) is -3.35. The van der Waals surface area contributed by atoms with Crippen molar-refractivity contribution in [1.82, 2.24) is 19.6 Å². The maximum absolute atomic E-state index is 12.8. The summed E-state index contributed by atoms with van der Waals surface area (Å²) >= 11 is 2.56. The van der Waals surface area contributed by atoms with E-state index in [0.29, 0.717) is 33.0 Å². The van der Waals surface area contributed by atoms with Crippen molar-refractivity contribution in [1.29, 1.82) is 0 Å². The van der Waals surface area contributed by atoms with E-state index in [1.165, 1.54) is 41.3 Å². The lowest BCUT2D eigenvalue weighted by molar-refractivity contribution is -0.432. The van der Waals surface area contributed by atoms with Crippen molar-refractivity contribution in [3.05, 3.63) is 71.3 Å². The van der Waals surface area contributed by atoms with E-state index in [4.69, 9.17) is 25.4 Å². The monoisotopic (exact) mass is 1060 g/mol. The van der Waals surface area contributed by atoms with Crippen molar-refractivity contribution >= 4 is 128 Å². The zero-order valence-corrected chi connectivity index (χ0v) is 40.0. The van der Waals surface area contributed by atoms with Crippen LogP contribution in [-0.2, 0) is 34.4 Å². The van der Waals surface area contributed by atoms with Crippen molar-refractivity contribution in [2.45, 2.75) is 47.2 Å². The maximum atomic E-state index is 12.8. The number of imidazole rings is 1. The van der Waals surface area contributed by atoms with E-state index in [-0.39, 0.29) is 97.7 Å². The standard InChI is InChI=1S/C39H35N11O15S5/c1-18-13-24(27(63-10-5-6-12-69(57,58)59)17-23(18)42-47-38-48-49-39(67-38)66-11-9-30(51)52)43-46-33-28(68-65-64-56)14-20-15-29(70(60,61)62)25(16-21(20)34(33)53)44-45-32-19(2)31(35(40)54)36-41-22-7-3-4-8-26(22)50(36)37(32)55/h3-4,7-8,13-17,53,55-56H,5-6,9-12H2,1-2H3,(H2,40,54)(H,51,52)(H,57,58,59)(H,60,61,62). The number of nitrogens with two attached hydrogens (primary N) is 1. The predicted molar refractivity (Wildman–Crippen MR) is 251 cm³/mol. The Kier molecular flexibility index (Phi) is 15.6. The number of unbranched alkanes of at least 4 members (excludes halogenated alkanes) is 1. The van der Waals surface area contributed by atoms with Crippen LogP contribution < -0.4 is 10.5 Å². The van der Waals surface area contributed by atoms with E-state index < -0.39 is 60.1 Å². The zero-order chi connectivity index (χ0) is 50.5. The number of thioether (sulfide) groups is 1. The Bertz CT molecular complexity index is 3530. The van der Waals surface area contributed by atoms with Gasteiger partial charge in [0.15, 0.2) is 15.7 Å². The number of amides is 1. The molecule has 0 bridgehead atoms. The largest absolute Gasteiger partial charge is 0.505 e. The van der Waals surface area contributed by atoms with Crippen molar-refractivity contribution in [2.24, 2.45) is 36.4 Å². The van der Waals surface area contributed by atoms with E-state index in [9.17, 15) is 41.2 Å². The number of para-hydroxylation sites is 2. The van der Waals surface area contributed by atoms with Gasteiger partial charge in [0.2, 0.25) is 5.88 Å². The fourth-order valence-electron chi connectivity index (χ4n) is 6.61. The smallest absolute Gasteiger partial charge is 0.304 e. The topological polar surface area (TPSA) is 395 Å². The van der Waals surface area contributed by atoms with E-state index in [1.807, 2.05) is 0 Å². The molecular weight excluding hydrogens is 1020 g/mol. The van der Waals surface area contributed by atoms with Crippen molar-refractivity contribution in [3.63, 3.8) is 0 Å². The van der Waals surface area contributed by atoms with Crippen molar-refractivity contribution < 1.29 is 70.2 Å². The molecule has 31 heteroatoms. The molecule has 366 valence electrons. The molecule has 0 spiro atoms. The SMILES string of the molecule is Cc1cc(N=Nc2c(SOOO)cc3cc(S(=O)(=O)O)c(N=Nc4c(C)c(C(N)=O)c5nc6ccccc6n5c4O)cc3c2O)c(OCCCCS(=O)(=O)O)cc1N=Nc1nnc(SCCC(=O)O)s1. The first kappa shape index (κ1) is 51.1. The summed E-state index contributed by atoms with van der Waals surface area (Å²) < 4.78 is 80.0. The second-order valence-corrected chi connectivity index (χ2v) is 20.5. The Hall–Kier alpha value is -6.81. The number of aliphatic carboxylic acids is 1. The Morgan fingerprint density at radius 1 is 0.886 bits per heavy atom. The molecular formula is C39H35N11O15S5. The number of aryl methyl sites for hydroxylation is 1. The number of aromatic nitrogens is 4. The van der Waals surface area contributed by atoms with Gasteiger partial charge in [-0.1, -0.05) is 40.3 Å². The van der Waals surface area contributed by atoms with E-state index in [1.54, 1.807) is 31.2 Å². The Morgan fingerprint density at radius 3 is 2.33 bits per heavy atom. The van der Waals surface area contributed by atoms with Gasteiger partial charge in [0.05, 0.1) is 58.0 Å². The predicted octanol–water partition coefficient (Wildman–Crippen LogP) is 9.15. The highest BCUT2D eigenvalue weighted by atomic mass is 32.2. The van der Waals surface area contributed by atoms with Crippen LogP contribution >= 0.6 is 35.1 Å². The van der Waals surface area contributed by atoms with Crippen LogP contribution in [0.2, 0.25) is 0 Å². The summed E-state index contributed by atoms with van der Waals surface area (Å²) in [6, 6.07) is 12.7. The van der Waals surface area contributed by atoms with Crippen LogP contribution in [0.25, 0.3) is 27.5 Å². The van der Waals surface area contributed by atoms with Gasteiger partial charge >= 0.3 is 5.97 Å². The third-order valence-electron chi connectivity index (χ3n) is 9.77. The number of aromatic hydroxyl groups is 2. The number of hydrogen-bond acceptors (Lipinski definition) is 24. The van der Waals surface area contributed by atoms with Gasteiger partial charge in [0.1, 0.15) is 33.4 Å². The summed E-state index contributed by atoms with van der Waals surface area (Å²) in [4.78, 5) is 27.1. The molecule has 3 heterocycles. The second-order valence-electron chi connectivity index (χ2n) is 14.5. The first-order chi connectivity index (χ1) is 33.2. The lowest BCUT2D eigenvalue weighted by Crippen LogP contribution is -2.15. The number of phenols is 1. The number of hydrogen-bond donors (Lipinski definition) is 7. The Balaban J connectivity index is 1.30. The molecule has 4 aromatic carbocycles. The van der Waals surface area contributed by atoms with Crippen LogP contribution in [0.4, 0.5) is 33.6 Å². The highest BCUT2D eigenvalue weighted by Crippen LogP contribution is 2.48. The highest BCUT2D eigenvalue weighted by Gasteiger charge is 2.26. The first-order valence-corrected chi connectivity index (χ1v) is 25.4. The molecule has 0 saturated carbocycles. The molecule has 0 unspecified atom stereocenters. The van der Waals surface area contributed by atoms with E-state index in [2.05, 4.69) is 55.2 Å². The molecule has 7 rings (SSSR count). The van der Waals surface area contributed by atoms with Crippen LogP contribution in [-0.4, -0.2) is 96.1 Å². The van der Waals surface area contributed by atoms with E-state index in [0.717, 1.165) is 23.5 Å². The molecule has 1 amide bonds. The molecule has 0 saturated heterocycles. The second kappa shape index (κ2) is 21.5. The number of primary amides is 1. The minimum Gasteiger partial charge on any atom is -0.505 e. The molecule has 8 N–H and O–H groups in total. The van der Waals surface area contributed by atoms with Crippen molar-refractivity contribution in [3.8, 4) is 17.4 Å². The van der Waals surface area contributed by atoms with E-state index >= 15 is 0 Å². The number of benzene rings is 4. The number of carboxylic acid groups (broad SMARTS) is 1. The summed E-state index contributed by atoms with van der Waals surface area (Å²) in [6.45, 7) is 2.96. The minimum atomic E-state index is -5.11. The third kappa shape index (κ3) is 11.8. The summed E-state index contributed by atoms with van der Waals surface area (Å²) in [5.41, 5.74) is 5.90. The van der Waals surface area contributed by atoms with Crippen molar-refractivity contribution in [2.75, 3.05) is 18.1 Å². The summed E-state index contributed by atoms with van der Waals surface area (Å²) in [7, 11) is -9.35. The Morgan fingerprint density at radius 2 is 1.61 bits per heavy atom. The summed E-state index contributed by atoms with van der Waals surface area (Å²) in [6.07, 6.45) is 0.104. The number of rotatable bonds is 21. The molecule has 26 nitrogen and oxygen atoms in total. The van der Waals surface area contributed by atoms with Gasteiger partial charge in [-0.3, -0.25) is 23.1 Å². The van der Waals surface area contributed by atoms with Crippen LogP contribution in [0, 0.1) is 13.8 Å². The van der Waals surface area contributed by atoms with Gasteiger partial charge < -0.3 is 25.8 Å². The molecule has 0 aliphatic carbocycles. The number of ether oxygens (including phenoxy) is 1. The normalized spacial score (nSPS) is 12.5. The number of carboxylic acids is 1. The number of pyridine rings is 1. The lowest BCUT2D eigenvalue weighted by atomic mass is 10.1. The molecule has 70 heavy (non-hydrogen) atoms. The van der Waals surface area contributed by atoms with Gasteiger partial charge in [0.25, 0.3) is 31.3 Å². The average molecular weight is 1060 g/mol. The maximum Gasteiger partial charge on any atom is 0.304 e. The molecule has 0 atom stereocenters. The first-order valence-electron chi connectivity index (χ1n) is 19.8. The molecule has 3 aromatic heterocycles. The fourth-order valence-corrected chi connectivity index (χ4v) is 9.97. The number of azo groups is 3. The third-order valence-corrected chi connectivity index (χ3v) is 14.0. The molecule has 0 aliphatic heterocycles. The average Bonchev–Trinajstić information content (AvgIpc) is 3.91. The number of phenolic OH excluding ortho intramolecular Hbond substituents is 1. The quantitative estimate of drug-likeness (QED) is 0.00670. The van der Waals surface area contributed by atoms with Gasteiger partial charge in [-0.05, 0) is 79.6 Å². The zero-order valence-electron chi connectivity index (χ0n) is 35.9. The fraction of sp³-hybridized carbons (Fsp3) is 0.205. The van der Waals surface area contributed by atoms with Crippen LogP contribution in [0.15, 0.2) is 99.4 Å². The van der Waals surface area contributed by atoms with Crippen LogP contribution in [0.3, 0.4) is 0 Å². The van der Waals surface area contributed by atoms with Gasteiger partial charge in [-0.25, -0.2) is 10.2 Å². The highest BCUT2D eigenvalue weighted by molar-refractivity contribution is 8.01. The number of carbonyl (C=O) groups excluding carboxylic acids is 1. The Labute approximate surface area is 406 Å². The molecule has 0 radical (unpaired) electrons. The van der Waals surface area contributed by atoms with Gasteiger partial charge in [-0.15, -0.1) is 45.2 Å². The minimum absolute atomic E-state index is 0.0139. The number of carbonyl (C=O) groups is 2. The number of fused-ring (bicyclic) bond motifs is 4. The molecule has 0 aliphatic rings. The van der Waals surface area contributed by atoms with Crippen LogP contribution in [0.5, 0.6) is 17.4 Å². The molecule has 7 aromatic rings. The lowest BCUT2D eigenvalue weighted by Gasteiger charge is -2.13. The van der Waals surface area contributed by atoms with Gasteiger partial charge in [0, 0.05) is 17.2 Å². The molecule has 0 fully saturated rings. The van der Waals surface area contributed by atoms with Crippen LogP contribution in [0.1, 0.15) is 40.7 Å². The van der Waals surface area contributed by atoms with Gasteiger partial charge in [-0.2, -0.15) is 16.8 Å².